The molecule has 1 aliphatic carbocycles. The van der Waals surface area contributed by atoms with Crippen molar-refractivity contribution in [2.75, 3.05) is 0 Å². The lowest BCUT2D eigenvalue weighted by molar-refractivity contribution is 0.739. The van der Waals surface area contributed by atoms with Gasteiger partial charge in [0, 0.05) is 42.9 Å². The Hall–Kier alpha value is -5.51. The monoisotopic (exact) mass is 618 g/mol. The lowest BCUT2D eigenvalue weighted by atomic mass is 9.94. The van der Waals surface area contributed by atoms with Gasteiger partial charge in [-0.15, -0.1) is 11.3 Å². The molecule has 1 aliphatic rings. The third kappa shape index (κ3) is 4.00. The van der Waals surface area contributed by atoms with Crippen molar-refractivity contribution in [1.82, 2.24) is 9.55 Å². The molecule has 2 nitrogen and oxygen atoms in total. The molecule has 0 aliphatic heterocycles. The van der Waals surface area contributed by atoms with Crippen molar-refractivity contribution in [3.8, 4) is 16.9 Å². The summed E-state index contributed by atoms with van der Waals surface area (Å²) in [4.78, 5) is 5.29. The van der Waals surface area contributed by atoms with Gasteiger partial charge in [0.25, 0.3) is 0 Å². The van der Waals surface area contributed by atoms with Crippen LogP contribution in [0.25, 0.3) is 86.0 Å². The van der Waals surface area contributed by atoms with E-state index in [0.29, 0.717) is 5.92 Å². The minimum atomic E-state index is 0.563. The number of allylic oxidation sites excluding steroid dienone is 4. The molecular formula is C44H30N2S. The van der Waals surface area contributed by atoms with Crippen molar-refractivity contribution in [1.29, 1.82) is 0 Å². The molecule has 0 bridgehead atoms. The smallest absolute Gasteiger partial charge is 0.0784 e. The minimum absolute atomic E-state index is 0.563. The third-order valence-electron chi connectivity index (χ3n) is 9.90. The van der Waals surface area contributed by atoms with Gasteiger partial charge < -0.3 is 4.57 Å². The molecule has 0 saturated carbocycles. The highest BCUT2D eigenvalue weighted by molar-refractivity contribution is 7.27. The second-order valence-electron chi connectivity index (χ2n) is 12.8. The topological polar surface area (TPSA) is 17.8 Å². The van der Waals surface area contributed by atoms with Crippen LogP contribution in [0.4, 0.5) is 0 Å². The van der Waals surface area contributed by atoms with Gasteiger partial charge in [-0.3, -0.25) is 0 Å². The van der Waals surface area contributed by atoms with Crippen LogP contribution < -0.4 is 0 Å². The van der Waals surface area contributed by atoms with E-state index in [1.165, 1.54) is 69.1 Å². The predicted molar refractivity (Wildman–Crippen MR) is 203 cm³/mol. The van der Waals surface area contributed by atoms with Crippen LogP contribution in [-0.2, 0) is 0 Å². The summed E-state index contributed by atoms with van der Waals surface area (Å²) < 4.78 is 5.14. The van der Waals surface area contributed by atoms with Crippen LogP contribution in [0, 0.1) is 5.92 Å². The molecule has 3 aromatic heterocycles. The van der Waals surface area contributed by atoms with E-state index < -0.39 is 0 Å². The summed E-state index contributed by atoms with van der Waals surface area (Å²) in [5.41, 5.74) is 8.05. The van der Waals surface area contributed by atoms with Crippen LogP contribution in [0.5, 0.6) is 0 Å². The Bertz CT molecular complexity index is 2770. The standard InChI is InChI=1S/C44H30N2S/c1-27-18-20-29(21-19-27)42-32-11-3-2-10-30(32)26-37(45-42)28-22-24-31(25-23-28)46-38-16-8-6-14-35(38)40-33-12-4-5-13-34(33)41-36-15-7-9-17-39(36)47-44(41)43(40)46/h2-18,20-27H,19H2,1H3. The zero-order valence-electron chi connectivity index (χ0n) is 25.9. The summed E-state index contributed by atoms with van der Waals surface area (Å²) in [6.45, 7) is 2.26. The Morgan fingerprint density at radius 2 is 1.36 bits per heavy atom. The van der Waals surface area contributed by atoms with E-state index in [9.17, 15) is 0 Å². The SMILES string of the molecule is CC1C=CC(c2nc(-c3ccc(-n4c5ccccc5c5c6ccccc6c6c7ccccc7sc6c54)cc3)cc3ccccc23)=CC1. The molecule has 0 spiro atoms. The first kappa shape index (κ1) is 26.7. The van der Waals surface area contributed by atoms with Gasteiger partial charge in [-0.2, -0.15) is 0 Å². The van der Waals surface area contributed by atoms with E-state index in [2.05, 4.69) is 157 Å². The summed E-state index contributed by atoms with van der Waals surface area (Å²) in [5.74, 6) is 0.563. The molecule has 0 saturated heterocycles. The van der Waals surface area contributed by atoms with Gasteiger partial charge in [-0.1, -0.05) is 122 Å². The fourth-order valence-corrected chi connectivity index (χ4v) is 8.90. The average molecular weight is 619 g/mol. The Balaban J connectivity index is 1.21. The molecule has 3 heteroatoms. The normalized spacial score (nSPS) is 15.1. The zero-order chi connectivity index (χ0) is 31.1. The maximum Gasteiger partial charge on any atom is 0.0784 e. The number of thiophene rings is 1. The van der Waals surface area contributed by atoms with Gasteiger partial charge in [0.15, 0.2) is 0 Å². The largest absolute Gasteiger partial charge is 0.308 e. The molecule has 9 aromatic rings. The highest BCUT2D eigenvalue weighted by Crippen LogP contribution is 2.47. The Kier molecular flexibility index (Phi) is 5.82. The molecule has 0 radical (unpaired) electrons. The van der Waals surface area contributed by atoms with Crippen molar-refractivity contribution in [2.24, 2.45) is 5.92 Å². The highest BCUT2D eigenvalue weighted by Gasteiger charge is 2.21. The number of hydrogen-bond acceptors (Lipinski definition) is 2. The van der Waals surface area contributed by atoms with E-state index in [4.69, 9.17) is 4.98 Å². The second kappa shape index (κ2) is 10.2. The van der Waals surface area contributed by atoms with Crippen molar-refractivity contribution >= 4 is 80.4 Å². The van der Waals surface area contributed by atoms with Crippen LogP contribution >= 0.6 is 11.3 Å². The van der Waals surface area contributed by atoms with Gasteiger partial charge in [0.05, 0.1) is 27.1 Å². The van der Waals surface area contributed by atoms with Crippen LogP contribution in [-0.4, -0.2) is 9.55 Å². The lowest BCUT2D eigenvalue weighted by Gasteiger charge is -2.15. The number of nitrogens with zero attached hydrogens (tertiary/aromatic N) is 2. The second-order valence-corrected chi connectivity index (χ2v) is 13.8. The molecule has 10 rings (SSSR count). The Morgan fingerprint density at radius 3 is 2.15 bits per heavy atom. The van der Waals surface area contributed by atoms with Crippen molar-refractivity contribution in [3.05, 3.63) is 151 Å². The summed E-state index contributed by atoms with van der Waals surface area (Å²) in [7, 11) is 0. The Labute approximate surface area is 276 Å². The first-order valence-corrected chi connectivity index (χ1v) is 17.2. The summed E-state index contributed by atoms with van der Waals surface area (Å²) in [6, 6.07) is 46.5. The van der Waals surface area contributed by atoms with Crippen LogP contribution in [0.15, 0.2) is 146 Å². The van der Waals surface area contributed by atoms with E-state index in [1.54, 1.807) is 0 Å². The average Bonchev–Trinajstić information content (AvgIpc) is 3.69. The molecule has 0 fully saturated rings. The predicted octanol–water partition coefficient (Wildman–Crippen LogP) is 12.5. The number of rotatable bonds is 3. The first-order chi connectivity index (χ1) is 23.2. The number of benzene rings is 6. The first-order valence-electron chi connectivity index (χ1n) is 16.4. The van der Waals surface area contributed by atoms with Crippen molar-refractivity contribution in [2.45, 2.75) is 13.3 Å². The molecule has 222 valence electrons. The quantitative estimate of drug-likeness (QED) is 0.193. The molecule has 0 N–H and O–H groups in total. The van der Waals surface area contributed by atoms with E-state index in [0.717, 1.165) is 29.1 Å². The minimum Gasteiger partial charge on any atom is -0.308 e. The molecule has 6 aromatic carbocycles. The molecule has 47 heavy (non-hydrogen) atoms. The van der Waals surface area contributed by atoms with Gasteiger partial charge >= 0.3 is 0 Å². The highest BCUT2D eigenvalue weighted by atomic mass is 32.1. The van der Waals surface area contributed by atoms with Crippen molar-refractivity contribution < 1.29 is 0 Å². The van der Waals surface area contributed by atoms with E-state index >= 15 is 0 Å². The van der Waals surface area contributed by atoms with E-state index in [1.807, 2.05) is 11.3 Å². The van der Waals surface area contributed by atoms with E-state index in [-0.39, 0.29) is 0 Å². The number of para-hydroxylation sites is 1. The number of pyridine rings is 1. The molecule has 0 amide bonds. The van der Waals surface area contributed by atoms with Crippen LogP contribution in [0.3, 0.4) is 0 Å². The zero-order valence-corrected chi connectivity index (χ0v) is 26.8. The molecular weight excluding hydrogens is 589 g/mol. The number of aromatic nitrogens is 2. The summed E-state index contributed by atoms with van der Waals surface area (Å²) in [5, 5.41) is 10.3. The van der Waals surface area contributed by atoms with Crippen LogP contribution in [0.1, 0.15) is 19.0 Å². The van der Waals surface area contributed by atoms with Gasteiger partial charge in [-0.25, -0.2) is 4.98 Å². The maximum atomic E-state index is 5.29. The molecule has 1 atom stereocenters. The molecule has 1 unspecified atom stereocenters. The number of hydrogen-bond donors (Lipinski definition) is 0. The Morgan fingerprint density at radius 1 is 0.681 bits per heavy atom. The third-order valence-corrected chi connectivity index (χ3v) is 11.1. The van der Waals surface area contributed by atoms with Gasteiger partial charge in [0.1, 0.15) is 0 Å². The maximum absolute atomic E-state index is 5.29. The van der Waals surface area contributed by atoms with Gasteiger partial charge in [0.2, 0.25) is 0 Å². The van der Waals surface area contributed by atoms with Crippen molar-refractivity contribution in [3.63, 3.8) is 0 Å². The summed E-state index contributed by atoms with van der Waals surface area (Å²) in [6.07, 6.45) is 7.93. The fraction of sp³-hybridized carbons (Fsp3) is 0.0682. The molecule has 3 heterocycles. The number of fused-ring (bicyclic) bond motifs is 11. The fourth-order valence-electron chi connectivity index (χ4n) is 7.65. The lowest BCUT2D eigenvalue weighted by Crippen LogP contribution is -1.99. The summed E-state index contributed by atoms with van der Waals surface area (Å²) >= 11 is 1.90. The van der Waals surface area contributed by atoms with Gasteiger partial charge in [-0.05, 0) is 64.4 Å². The van der Waals surface area contributed by atoms with Crippen LogP contribution in [0.2, 0.25) is 0 Å².